The van der Waals surface area contributed by atoms with E-state index < -0.39 is 43.9 Å². The number of benzene rings is 3. The zero-order chi connectivity index (χ0) is 28.8. The van der Waals surface area contributed by atoms with Gasteiger partial charge in [-0.25, -0.2) is 8.42 Å². The van der Waals surface area contributed by atoms with Crippen LogP contribution in [0.3, 0.4) is 0 Å². The zero-order valence-electron chi connectivity index (χ0n) is 21.6. The Morgan fingerprint density at radius 1 is 1.00 bits per heavy atom. The number of carbonyl (C=O) groups is 2. The van der Waals surface area contributed by atoms with Crippen LogP contribution in [0, 0.1) is 0 Å². The Morgan fingerprint density at radius 3 is 2.30 bits per heavy atom. The highest BCUT2D eigenvalue weighted by atomic mass is 35.5. The SMILES string of the molecule is O=C1CC(c2ccc(CC(NS(=O)(=O)c3ccccc3)C(=O)NCCCCc3ccccc3)cc2Cl)S(O)(O)N1. The van der Waals surface area contributed by atoms with Crippen LogP contribution in [0.1, 0.15) is 41.2 Å². The Bertz CT molecular complexity index is 1440. The average molecular weight is 606 g/mol. The summed E-state index contributed by atoms with van der Waals surface area (Å²) >= 11 is 6.46. The quantitative estimate of drug-likeness (QED) is 0.191. The molecular weight excluding hydrogens is 574 g/mol. The molecule has 1 aliphatic heterocycles. The Labute approximate surface area is 240 Å². The van der Waals surface area contributed by atoms with Crippen LogP contribution in [0.5, 0.6) is 0 Å². The fraction of sp³-hybridized carbons (Fsp3) is 0.286. The van der Waals surface area contributed by atoms with Gasteiger partial charge in [0.05, 0.1) is 11.3 Å². The minimum atomic E-state index is -4.00. The monoisotopic (exact) mass is 605 g/mol. The highest BCUT2D eigenvalue weighted by Gasteiger charge is 2.39. The standard InChI is InChI=1S/C28H32ClN3O6S2/c29-24-17-21(14-15-23(24)26-19-27(33)32-40(26,37)38)18-25(31-39(35,36)22-12-5-2-6-13-22)28(34)30-16-8-7-11-20-9-3-1-4-10-20/h1-6,9-10,12-15,17,25-26,31,37-38H,7-8,11,16,18-19H2,(H,30,34)(H,32,33). The van der Waals surface area contributed by atoms with Crippen molar-refractivity contribution in [1.82, 2.24) is 14.8 Å². The Morgan fingerprint density at radius 2 is 1.68 bits per heavy atom. The van der Waals surface area contributed by atoms with Gasteiger partial charge in [-0.15, -0.1) is 10.8 Å². The van der Waals surface area contributed by atoms with Crippen molar-refractivity contribution in [2.45, 2.75) is 48.3 Å². The first-order valence-corrected chi connectivity index (χ1v) is 16.3. The normalized spacial score (nSPS) is 18.1. The molecule has 0 saturated carbocycles. The fourth-order valence-electron chi connectivity index (χ4n) is 4.52. The van der Waals surface area contributed by atoms with Crippen molar-refractivity contribution < 1.29 is 27.1 Å². The first-order valence-electron chi connectivity index (χ1n) is 12.8. The minimum Gasteiger partial charge on any atom is -0.355 e. The molecule has 1 heterocycles. The second kappa shape index (κ2) is 13.2. The topological polar surface area (TPSA) is 145 Å². The van der Waals surface area contributed by atoms with Crippen molar-refractivity contribution in [3.05, 3.63) is 101 Å². The summed E-state index contributed by atoms with van der Waals surface area (Å²) in [4.78, 5) is 25.0. The zero-order valence-corrected chi connectivity index (χ0v) is 24.0. The summed E-state index contributed by atoms with van der Waals surface area (Å²) < 4.78 is 51.3. The van der Waals surface area contributed by atoms with Gasteiger partial charge in [-0.1, -0.05) is 72.3 Å². The molecule has 4 rings (SSSR count). The third kappa shape index (κ3) is 7.84. The van der Waals surface area contributed by atoms with Crippen LogP contribution in [0.2, 0.25) is 5.02 Å². The van der Waals surface area contributed by atoms with E-state index in [1.165, 1.54) is 17.7 Å². The largest absolute Gasteiger partial charge is 0.355 e. The maximum atomic E-state index is 13.2. The van der Waals surface area contributed by atoms with Gasteiger partial charge in [0.15, 0.2) is 0 Å². The van der Waals surface area contributed by atoms with Gasteiger partial charge in [-0.2, -0.15) is 4.72 Å². The van der Waals surface area contributed by atoms with E-state index in [1.807, 2.05) is 30.3 Å². The van der Waals surface area contributed by atoms with Gasteiger partial charge in [0.25, 0.3) is 0 Å². The van der Waals surface area contributed by atoms with Crippen LogP contribution in [0.15, 0.2) is 83.8 Å². The van der Waals surface area contributed by atoms with Crippen molar-refractivity contribution in [1.29, 1.82) is 0 Å². The molecule has 2 atom stereocenters. The number of halogens is 1. The van der Waals surface area contributed by atoms with Gasteiger partial charge in [-0.05, 0) is 60.6 Å². The molecule has 2 amide bonds. The summed E-state index contributed by atoms with van der Waals surface area (Å²) in [6, 6.07) is 21.4. The number of hydrogen-bond donors (Lipinski definition) is 5. The smallest absolute Gasteiger partial charge is 0.241 e. The van der Waals surface area contributed by atoms with E-state index in [9.17, 15) is 27.1 Å². The van der Waals surface area contributed by atoms with Crippen LogP contribution in [-0.2, 0) is 32.5 Å². The highest BCUT2D eigenvalue weighted by molar-refractivity contribution is 8.23. The molecule has 40 heavy (non-hydrogen) atoms. The van der Waals surface area contributed by atoms with Crippen molar-refractivity contribution in [3.8, 4) is 0 Å². The average Bonchev–Trinajstić information content (AvgIpc) is 3.20. The molecule has 0 aliphatic carbocycles. The Hall–Kier alpha value is -2.93. The molecule has 214 valence electrons. The molecule has 12 heteroatoms. The van der Waals surface area contributed by atoms with E-state index in [2.05, 4.69) is 14.8 Å². The number of sulfonamides is 1. The molecule has 3 aromatic rings. The van der Waals surface area contributed by atoms with E-state index in [4.69, 9.17) is 11.6 Å². The number of rotatable bonds is 12. The number of hydrogen-bond acceptors (Lipinski definition) is 6. The predicted molar refractivity (Wildman–Crippen MR) is 156 cm³/mol. The third-order valence-electron chi connectivity index (χ3n) is 6.58. The Balaban J connectivity index is 1.46. The van der Waals surface area contributed by atoms with Crippen molar-refractivity contribution in [3.63, 3.8) is 0 Å². The van der Waals surface area contributed by atoms with E-state index in [1.54, 1.807) is 36.4 Å². The van der Waals surface area contributed by atoms with Gasteiger partial charge in [0, 0.05) is 11.6 Å². The summed E-state index contributed by atoms with van der Waals surface area (Å²) in [6.45, 7) is 0.384. The van der Waals surface area contributed by atoms with E-state index in [0.29, 0.717) is 17.7 Å². The number of amides is 2. The molecule has 1 fully saturated rings. The van der Waals surface area contributed by atoms with E-state index >= 15 is 0 Å². The molecule has 0 bridgehead atoms. The first kappa shape index (κ1) is 30.0. The predicted octanol–water partition coefficient (Wildman–Crippen LogP) is 4.60. The summed E-state index contributed by atoms with van der Waals surface area (Å²) in [6.07, 6.45) is 2.34. The van der Waals surface area contributed by atoms with Crippen molar-refractivity contribution >= 4 is 44.2 Å². The van der Waals surface area contributed by atoms with E-state index in [0.717, 1.165) is 19.3 Å². The lowest BCUT2D eigenvalue weighted by atomic mass is 10.0. The van der Waals surface area contributed by atoms with Crippen molar-refractivity contribution in [2.75, 3.05) is 6.54 Å². The van der Waals surface area contributed by atoms with Gasteiger partial charge < -0.3 is 5.32 Å². The fourth-order valence-corrected chi connectivity index (χ4v) is 7.64. The van der Waals surface area contributed by atoms with Gasteiger partial charge in [0.2, 0.25) is 21.8 Å². The number of aryl methyl sites for hydroxylation is 1. The summed E-state index contributed by atoms with van der Waals surface area (Å²) in [7, 11) is -7.39. The number of carbonyl (C=O) groups excluding carboxylic acids is 2. The van der Waals surface area contributed by atoms with Crippen molar-refractivity contribution in [2.24, 2.45) is 0 Å². The molecule has 0 radical (unpaired) electrons. The molecule has 0 spiro atoms. The van der Waals surface area contributed by atoms with Crippen LogP contribution in [0.4, 0.5) is 0 Å². The Kier molecular flexibility index (Phi) is 9.88. The van der Waals surface area contributed by atoms with Crippen LogP contribution >= 0.6 is 22.4 Å². The maximum Gasteiger partial charge on any atom is 0.241 e. The molecule has 2 unspecified atom stereocenters. The van der Waals surface area contributed by atoms with E-state index in [-0.39, 0.29) is 22.8 Å². The molecule has 9 nitrogen and oxygen atoms in total. The van der Waals surface area contributed by atoms with Crippen LogP contribution in [-0.4, -0.2) is 41.9 Å². The molecular formula is C28H32ClN3O6S2. The maximum absolute atomic E-state index is 13.2. The minimum absolute atomic E-state index is 0.00000940. The lowest BCUT2D eigenvalue weighted by Gasteiger charge is -2.33. The summed E-state index contributed by atoms with van der Waals surface area (Å²) in [5.74, 6) is -0.958. The lowest BCUT2D eigenvalue weighted by molar-refractivity contribution is -0.122. The number of nitrogens with one attached hydrogen (secondary N) is 3. The van der Waals surface area contributed by atoms with Crippen LogP contribution in [0.25, 0.3) is 0 Å². The third-order valence-corrected chi connectivity index (χ3v) is 10.1. The van der Waals surface area contributed by atoms with Crippen LogP contribution < -0.4 is 14.8 Å². The van der Waals surface area contributed by atoms with Gasteiger partial charge >= 0.3 is 0 Å². The number of unbranched alkanes of at least 4 members (excludes halogenated alkanes) is 1. The molecule has 0 aromatic heterocycles. The van der Waals surface area contributed by atoms with Gasteiger partial charge in [-0.3, -0.25) is 23.4 Å². The molecule has 1 saturated heterocycles. The second-order valence-electron chi connectivity index (χ2n) is 9.59. The molecule has 5 N–H and O–H groups in total. The molecule has 3 aromatic carbocycles. The highest BCUT2D eigenvalue weighted by Crippen LogP contribution is 2.57. The summed E-state index contributed by atoms with van der Waals surface area (Å²) in [5, 5.41) is 2.13. The lowest BCUT2D eigenvalue weighted by Crippen LogP contribution is -2.48. The summed E-state index contributed by atoms with van der Waals surface area (Å²) in [5.41, 5.74) is 2.15. The second-order valence-corrected chi connectivity index (χ2v) is 13.7. The molecule has 1 aliphatic rings. The first-order chi connectivity index (χ1) is 19.0. The van der Waals surface area contributed by atoms with Gasteiger partial charge in [0.1, 0.15) is 11.3 Å².